The first kappa shape index (κ1) is 7.49. The molecule has 11 heavy (non-hydrogen) atoms. The van der Waals surface area contributed by atoms with Crippen molar-refractivity contribution in [3.8, 4) is 6.07 Å². The van der Waals surface area contributed by atoms with Gasteiger partial charge in [-0.15, -0.1) is 0 Å². The molecule has 0 spiro atoms. The van der Waals surface area contributed by atoms with Crippen LogP contribution in [0.25, 0.3) is 0 Å². The molecule has 2 heteroatoms. The molecular weight excluding hydrogens is 136 g/mol. The van der Waals surface area contributed by atoms with Crippen molar-refractivity contribution in [1.82, 2.24) is 4.98 Å². The SMILES string of the molecule is C=C(C#N)Cc1cccnc1. The summed E-state index contributed by atoms with van der Waals surface area (Å²) in [4.78, 5) is 3.92. The van der Waals surface area contributed by atoms with E-state index in [2.05, 4.69) is 11.6 Å². The molecule has 0 aromatic carbocycles. The summed E-state index contributed by atoms with van der Waals surface area (Å²) in [6, 6.07) is 5.76. The third-order valence-electron chi connectivity index (χ3n) is 1.30. The van der Waals surface area contributed by atoms with Crippen molar-refractivity contribution < 1.29 is 0 Å². The number of nitrogens with zero attached hydrogens (tertiary/aromatic N) is 2. The topological polar surface area (TPSA) is 36.7 Å². The molecule has 1 rings (SSSR count). The first-order chi connectivity index (χ1) is 5.33. The van der Waals surface area contributed by atoms with Crippen LogP contribution in [0.3, 0.4) is 0 Å². The summed E-state index contributed by atoms with van der Waals surface area (Å²) in [6.07, 6.45) is 4.05. The molecule has 1 heterocycles. The fourth-order valence-electron chi connectivity index (χ4n) is 0.789. The van der Waals surface area contributed by atoms with E-state index in [9.17, 15) is 0 Å². The standard InChI is InChI=1S/C9H8N2/c1-8(6-10)5-9-3-2-4-11-7-9/h2-4,7H,1,5H2. The van der Waals surface area contributed by atoms with Crippen LogP contribution in [0.4, 0.5) is 0 Å². The van der Waals surface area contributed by atoms with Crippen molar-refractivity contribution in [3.63, 3.8) is 0 Å². The summed E-state index contributed by atoms with van der Waals surface area (Å²) in [6.45, 7) is 3.58. The Morgan fingerprint density at radius 3 is 3.09 bits per heavy atom. The first-order valence-corrected chi connectivity index (χ1v) is 3.29. The summed E-state index contributed by atoms with van der Waals surface area (Å²) < 4.78 is 0. The van der Waals surface area contributed by atoms with E-state index in [-0.39, 0.29) is 0 Å². The second kappa shape index (κ2) is 3.52. The summed E-state index contributed by atoms with van der Waals surface area (Å²) in [5, 5.41) is 8.43. The number of allylic oxidation sites excluding steroid dienone is 1. The third kappa shape index (κ3) is 2.23. The lowest BCUT2D eigenvalue weighted by atomic mass is 10.1. The molecule has 0 aliphatic rings. The maximum absolute atomic E-state index is 8.43. The molecule has 0 radical (unpaired) electrons. The van der Waals surface area contributed by atoms with E-state index >= 15 is 0 Å². The number of rotatable bonds is 2. The fourth-order valence-corrected chi connectivity index (χ4v) is 0.789. The highest BCUT2D eigenvalue weighted by molar-refractivity contribution is 5.25. The summed E-state index contributed by atoms with van der Waals surface area (Å²) >= 11 is 0. The van der Waals surface area contributed by atoms with Gasteiger partial charge in [0.1, 0.15) is 0 Å². The monoisotopic (exact) mass is 144 g/mol. The van der Waals surface area contributed by atoms with Gasteiger partial charge in [0, 0.05) is 24.4 Å². The minimum atomic E-state index is 0.568. The predicted molar refractivity (Wildman–Crippen MR) is 42.7 cm³/mol. The molecule has 0 aliphatic heterocycles. The van der Waals surface area contributed by atoms with Crippen LogP contribution in [0.1, 0.15) is 5.56 Å². The van der Waals surface area contributed by atoms with Gasteiger partial charge in [-0.25, -0.2) is 0 Å². The Balaban J connectivity index is 2.67. The molecule has 0 atom stereocenters. The van der Waals surface area contributed by atoms with Crippen molar-refractivity contribution in [2.24, 2.45) is 0 Å². The second-order valence-corrected chi connectivity index (χ2v) is 2.25. The van der Waals surface area contributed by atoms with Crippen LogP contribution < -0.4 is 0 Å². The molecule has 0 fully saturated rings. The molecule has 0 unspecified atom stereocenters. The molecule has 0 saturated carbocycles. The Morgan fingerprint density at radius 2 is 2.55 bits per heavy atom. The van der Waals surface area contributed by atoms with Gasteiger partial charge in [0.2, 0.25) is 0 Å². The Hall–Kier alpha value is -1.62. The zero-order valence-corrected chi connectivity index (χ0v) is 6.12. The minimum absolute atomic E-state index is 0.568. The number of nitriles is 1. The third-order valence-corrected chi connectivity index (χ3v) is 1.30. The number of pyridine rings is 1. The van der Waals surface area contributed by atoms with Gasteiger partial charge in [-0.05, 0) is 11.6 Å². The molecule has 1 aromatic rings. The summed E-state index contributed by atoms with van der Waals surface area (Å²) in [5.41, 5.74) is 1.59. The molecular formula is C9H8N2. The van der Waals surface area contributed by atoms with Crippen molar-refractivity contribution in [2.45, 2.75) is 6.42 Å². The average Bonchev–Trinajstić information content (AvgIpc) is 2.06. The average molecular weight is 144 g/mol. The number of hydrogen-bond acceptors (Lipinski definition) is 2. The Morgan fingerprint density at radius 1 is 1.73 bits per heavy atom. The second-order valence-electron chi connectivity index (χ2n) is 2.25. The summed E-state index contributed by atoms with van der Waals surface area (Å²) in [5.74, 6) is 0. The van der Waals surface area contributed by atoms with E-state index in [0.29, 0.717) is 12.0 Å². The quantitative estimate of drug-likeness (QED) is 0.592. The highest BCUT2D eigenvalue weighted by Gasteiger charge is 1.93. The van der Waals surface area contributed by atoms with Crippen LogP contribution >= 0.6 is 0 Å². The van der Waals surface area contributed by atoms with E-state index in [1.165, 1.54) is 0 Å². The Bertz CT molecular complexity index is 282. The lowest BCUT2D eigenvalue weighted by Gasteiger charge is -1.94. The largest absolute Gasteiger partial charge is 0.264 e. The van der Waals surface area contributed by atoms with Gasteiger partial charge < -0.3 is 0 Å². The van der Waals surface area contributed by atoms with Crippen LogP contribution in [-0.2, 0) is 6.42 Å². The van der Waals surface area contributed by atoms with Gasteiger partial charge in [0.15, 0.2) is 0 Å². The molecule has 0 bridgehead atoms. The van der Waals surface area contributed by atoms with Crippen molar-refractivity contribution in [2.75, 3.05) is 0 Å². The van der Waals surface area contributed by atoms with E-state index in [1.807, 2.05) is 18.2 Å². The van der Waals surface area contributed by atoms with Gasteiger partial charge in [-0.3, -0.25) is 4.98 Å². The van der Waals surface area contributed by atoms with Crippen LogP contribution in [-0.4, -0.2) is 4.98 Å². The van der Waals surface area contributed by atoms with Crippen LogP contribution in [0.5, 0.6) is 0 Å². The fraction of sp³-hybridized carbons (Fsp3) is 0.111. The predicted octanol–water partition coefficient (Wildman–Crippen LogP) is 1.70. The zero-order valence-electron chi connectivity index (χ0n) is 6.12. The van der Waals surface area contributed by atoms with E-state index in [0.717, 1.165) is 5.56 Å². The Labute approximate surface area is 65.8 Å². The smallest absolute Gasteiger partial charge is 0.0944 e. The van der Waals surface area contributed by atoms with Crippen LogP contribution in [0.2, 0.25) is 0 Å². The molecule has 0 saturated heterocycles. The zero-order chi connectivity index (χ0) is 8.10. The van der Waals surface area contributed by atoms with Crippen LogP contribution in [0, 0.1) is 11.3 Å². The van der Waals surface area contributed by atoms with E-state index in [4.69, 9.17) is 5.26 Å². The maximum Gasteiger partial charge on any atom is 0.0944 e. The number of aromatic nitrogens is 1. The van der Waals surface area contributed by atoms with Gasteiger partial charge in [-0.2, -0.15) is 5.26 Å². The summed E-state index contributed by atoms with van der Waals surface area (Å²) in [7, 11) is 0. The highest BCUT2D eigenvalue weighted by Crippen LogP contribution is 2.02. The van der Waals surface area contributed by atoms with Crippen molar-refractivity contribution in [3.05, 3.63) is 42.2 Å². The molecule has 1 aromatic heterocycles. The Kier molecular flexibility index (Phi) is 2.40. The molecule has 0 N–H and O–H groups in total. The van der Waals surface area contributed by atoms with Gasteiger partial charge in [-0.1, -0.05) is 12.6 Å². The molecule has 2 nitrogen and oxygen atoms in total. The lowest BCUT2D eigenvalue weighted by Crippen LogP contribution is -1.86. The number of hydrogen-bond donors (Lipinski definition) is 0. The van der Waals surface area contributed by atoms with Gasteiger partial charge in [0.25, 0.3) is 0 Å². The van der Waals surface area contributed by atoms with E-state index < -0.39 is 0 Å². The van der Waals surface area contributed by atoms with Crippen molar-refractivity contribution >= 4 is 0 Å². The normalized spacial score (nSPS) is 8.64. The minimum Gasteiger partial charge on any atom is -0.264 e. The maximum atomic E-state index is 8.43. The molecule has 0 aliphatic carbocycles. The first-order valence-electron chi connectivity index (χ1n) is 3.29. The van der Waals surface area contributed by atoms with Gasteiger partial charge >= 0.3 is 0 Å². The van der Waals surface area contributed by atoms with Crippen molar-refractivity contribution in [1.29, 1.82) is 5.26 Å². The highest BCUT2D eigenvalue weighted by atomic mass is 14.6. The van der Waals surface area contributed by atoms with E-state index in [1.54, 1.807) is 12.4 Å². The van der Waals surface area contributed by atoms with Crippen LogP contribution in [0.15, 0.2) is 36.7 Å². The van der Waals surface area contributed by atoms with Gasteiger partial charge in [0.05, 0.1) is 6.07 Å². The lowest BCUT2D eigenvalue weighted by molar-refractivity contribution is 1.15. The molecule has 0 amide bonds. The molecule has 54 valence electrons.